The van der Waals surface area contributed by atoms with Crippen molar-refractivity contribution in [3.63, 3.8) is 0 Å². The SMILES string of the molecule is O=C(C1=C(O)C(=O)N(c2nncs2)C1c1ccccc1O)c1ccco1. The number of anilines is 1. The normalized spacial score (nSPS) is 17.2. The fourth-order valence-corrected chi connectivity index (χ4v) is 3.44. The van der Waals surface area contributed by atoms with Gasteiger partial charge in [0.2, 0.25) is 10.9 Å². The summed E-state index contributed by atoms with van der Waals surface area (Å²) in [6.07, 6.45) is 1.32. The number of rotatable bonds is 4. The molecular weight excluding hydrogens is 358 g/mol. The first kappa shape index (κ1) is 16.0. The van der Waals surface area contributed by atoms with Gasteiger partial charge in [-0.2, -0.15) is 0 Å². The van der Waals surface area contributed by atoms with Gasteiger partial charge in [-0.1, -0.05) is 29.5 Å². The highest BCUT2D eigenvalue weighted by molar-refractivity contribution is 7.13. The van der Waals surface area contributed by atoms with E-state index in [4.69, 9.17) is 4.42 Å². The summed E-state index contributed by atoms with van der Waals surface area (Å²) in [5.74, 6) is -2.32. The molecule has 1 aliphatic heterocycles. The molecule has 4 rings (SSSR count). The minimum Gasteiger partial charge on any atom is -0.508 e. The molecule has 0 saturated heterocycles. The Morgan fingerprint density at radius 3 is 2.65 bits per heavy atom. The van der Waals surface area contributed by atoms with E-state index in [9.17, 15) is 19.8 Å². The van der Waals surface area contributed by atoms with Gasteiger partial charge in [-0.15, -0.1) is 10.2 Å². The molecular formula is C17H11N3O5S. The van der Waals surface area contributed by atoms with Crippen molar-refractivity contribution in [2.45, 2.75) is 6.04 Å². The number of para-hydroxylation sites is 1. The fraction of sp³-hybridized carbons (Fsp3) is 0.0588. The Morgan fingerprint density at radius 1 is 1.19 bits per heavy atom. The molecule has 0 spiro atoms. The molecule has 1 atom stereocenters. The van der Waals surface area contributed by atoms with Crippen molar-refractivity contribution in [2.75, 3.05) is 4.90 Å². The number of phenols is 1. The number of hydrogen-bond acceptors (Lipinski definition) is 8. The summed E-state index contributed by atoms with van der Waals surface area (Å²) in [4.78, 5) is 26.7. The number of hydrogen-bond donors (Lipinski definition) is 2. The molecule has 0 radical (unpaired) electrons. The Kier molecular flexibility index (Phi) is 3.77. The summed E-state index contributed by atoms with van der Waals surface area (Å²) < 4.78 is 5.12. The molecule has 2 N–H and O–H groups in total. The van der Waals surface area contributed by atoms with Crippen LogP contribution in [-0.2, 0) is 4.79 Å². The van der Waals surface area contributed by atoms with Crippen LogP contribution in [0.25, 0.3) is 0 Å². The average molecular weight is 369 g/mol. The number of Topliss-reactive ketones (excluding diaryl/α,β-unsaturated/α-hetero) is 1. The minimum absolute atomic E-state index is 0.0288. The van der Waals surface area contributed by atoms with Crippen LogP contribution in [0.5, 0.6) is 5.75 Å². The zero-order valence-corrected chi connectivity index (χ0v) is 13.9. The first-order chi connectivity index (χ1) is 12.6. The van der Waals surface area contributed by atoms with E-state index in [-0.39, 0.29) is 27.8 Å². The van der Waals surface area contributed by atoms with E-state index in [1.54, 1.807) is 18.2 Å². The first-order valence-corrected chi connectivity index (χ1v) is 8.36. The number of carbonyl (C=O) groups excluding carboxylic acids is 2. The van der Waals surface area contributed by atoms with Crippen LogP contribution in [0.3, 0.4) is 0 Å². The van der Waals surface area contributed by atoms with E-state index in [1.165, 1.54) is 30.0 Å². The average Bonchev–Trinajstić information content (AvgIpc) is 3.37. The number of carbonyl (C=O) groups is 2. The van der Waals surface area contributed by atoms with Crippen molar-refractivity contribution in [3.05, 3.63) is 70.8 Å². The number of phenolic OH excluding ortho intramolecular Hbond substituents is 1. The second-order valence-electron chi connectivity index (χ2n) is 5.43. The van der Waals surface area contributed by atoms with Crippen LogP contribution in [0.4, 0.5) is 5.13 Å². The monoisotopic (exact) mass is 369 g/mol. The van der Waals surface area contributed by atoms with E-state index in [1.807, 2.05) is 0 Å². The maximum atomic E-state index is 12.9. The third-order valence-corrected chi connectivity index (χ3v) is 4.67. The lowest BCUT2D eigenvalue weighted by Crippen LogP contribution is -2.31. The number of aromatic hydroxyl groups is 1. The van der Waals surface area contributed by atoms with Crippen molar-refractivity contribution in [3.8, 4) is 5.75 Å². The fourth-order valence-electron chi connectivity index (χ4n) is 2.86. The third-order valence-electron chi connectivity index (χ3n) is 3.98. The molecule has 26 heavy (non-hydrogen) atoms. The van der Waals surface area contributed by atoms with E-state index in [2.05, 4.69) is 10.2 Å². The summed E-state index contributed by atoms with van der Waals surface area (Å²) in [7, 11) is 0. The van der Waals surface area contributed by atoms with Crippen molar-refractivity contribution in [1.29, 1.82) is 0 Å². The number of nitrogens with zero attached hydrogens (tertiary/aromatic N) is 3. The van der Waals surface area contributed by atoms with Gasteiger partial charge in [-0.25, -0.2) is 0 Å². The first-order valence-electron chi connectivity index (χ1n) is 7.48. The Bertz CT molecular complexity index is 1010. The van der Waals surface area contributed by atoms with E-state index < -0.39 is 23.5 Å². The van der Waals surface area contributed by atoms with Crippen LogP contribution in [0.2, 0.25) is 0 Å². The topological polar surface area (TPSA) is 117 Å². The van der Waals surface area contributed by atoms with Gasteiger partial charge >= 0.3 is 0 Å². The molecule has 0 saturated carbocycles. The molecule has 3 heterocycles. The lowest BCUT2D eigenvalue weighted by atomic mass is 9.94. The maximum Gasteiger partial charge on any atom is 0.296 e. The Labute approximate surface area is 150 Å². The number of aromatic nitrogens is 2. The van der Waals surface area contributed by atoms with Gasteiger partial charge in [0.1, 0.15) is 17.3 Å². The number of aliphatic hydroxyl groups excluding tert-OH is 1. The van der Waals surface area contributed by atoms with Crippen LogP contribution < -0.4 is 4.90 Å². The Hall–Kier alpha value is -3.46. The zero-order valence-electron chi connectivity index (χ0n) is 13.1. The highest BCUT2D eigenvalue weighted by Gasteiger charge is 2.47. The largest absolute Gasteiger partial charge is 0.508 e. The van der Waals surface area contributed by atoms with Gasteiger partial charge in [0.15, 0.2) is 11.5 Å². The Balaban J connectivity index is 1.91. The smallest absolute Gasteiger partial charge is 0.296 e. The third kappa shape index (κ3) is 2.37. The molecule has 0 bridgehead atoms. The number of benzene rings is 1. The maximum absolute atomic E-state index is 12.9. The van der Waals surface area contributed by atoms with Gasteiger partial charge in [0.05, 0.1) is 11.8 Å². The summed E-state index contributed by atoms with van der Waals surface area (Å²) in [6, 6.07) is 8.17. The van der Waals surface area contributed by atoms with Crippen LogP contribution in [0.1, 0.15) is 22.2 Å². The van der Waals surface area contributed by atoms with Crippen molar-refractivity contribution in [1.82, 2.24) is 10.2 Å². The summed E-state index contributed by atoms with van der Waals surface area (Å²) >= 11 is 1.07. The molecule has 0 fully saturated rings. The molecule has 3 aromatic rings. The van der Waals surface area contributed by atoms with Crippen molar-refractivity contribution >= 4 is 28.2 Å². The van der Waals surface area contributed by atoms with Gasteiger partial charge in [0, 0.05) is 5.56 Å². The number of furan rings is 1. The van der Waals surface area contributed by atoms with Crippen LogP contribution in [-0.4, -0.2) is 32.1 Å². The van der Waals surface area contributed by atoms with E-state index in [0.717, 1.165) is 16.2 Å². The van der Waals surface area contributed by atoms with E-state index >= 15 is 0 Å². The summed E-state index contributed by atoms with van der Waals surface area (Å²) in [6.45, 7) is 0. The summed E-state index contributed by atoms with van der Waals surface area (Å²) in [5.41, 5.74) is 1.50. The number of ketones is 1. The van der Waals surface area contributed by atoms with Gasteiger partial charge in [0.25, 0.3) is 5.91 Å². The number of aliphatic hydroxyl groups is 1. The zero-order chi connectivity index (χ0) is 18.3. The van der Waals surface area contributed by atoms with Crippen LogP contribution in [0, 0.1) is 0 Å². The molecule has 2 aromatic heterocycles. The van der Waals surface area contributed by atoms with Crippen LogP contribution >= 0.6 is 11.3 Å². The molecule has 1 amide bonds. The minimum atomic E-state index is -1.06. The Morgan fingerprint density at radius 2 is 2.00 bits per heavy atom. The second-order valence-corrected chi connectivity index (χ2v) is 6.24. The van der Waals surface area contributed by atoms with Crippen molar-refractivity contribution in [2.24, 2.45) is 0 Å². The highest BCUT2D eigenvalue weighted by atomic mass is 32.1. The molecule has 130 valence electrons. The quantitative estimate of drug-likeness (QED) is 0.679. The van der Waals surface area contributed by atoms with Crippen LogP contribution in [0.15, 0.2) is 63.9 Å². The standard InChI is InChI=1S/C17H11N3O5S/c21-10-5-2-1-4-9(10)13-12(14(22)11-6-3-7-25-11)15(23)16(24)20(13)17-19-18-8-26-17/h1-8,13,21,23H. The molecule has 1 aromatic carbocycles. The summed E-state index contributed by atoms with van der Waals surface area (Å²) in [5, 5.41) is 28.5. The van der Waals surface area contributed by atoms with Gasteiger partial charge < -0.3 is 14.6 Å². The molecule has 0 aliphatic carbocycles. The predicted octanol–water partition coefficient (Wildman–Crippen LogP) is 2.62. The molecule has 1 aliphatic rings. The van der Waals surface area contributed by atoms with E-state index in [0.29, 0.717) is 0 Å². The van der Waals surface area contributed by atoms with Gasteiger partial charge in [-0.3, -0.25) is 14.5 Å². The number of amides is 1. The second kappa shape index (κ2) is 6.12. The van der Waals surface area contributed by atoms with Crippen molar-refractivity contribution < 1.29 is 24.2 Å². The molecule has 1 unspecified atom stereocenters. The predicted molar refractivity (Wildman–Crippen MR) is 90.9 cm³/mol. The van der Waals surface area contributed by atoms with Gasteiger partial charge in [-0.05, 0) is 18.2 Å². The highest BCUT2D eigenvalue weighted by Crippen LogP contribution is 2.44. The molecule has 8 nitrogen and oxygen atoms in total. The molecule has 9 heteroatoms. The lowest BCUT2D eigenvalue weighted by Gasteiger charge is -2.24. The lowest BCUT2D eigenvalue weighted by molar-refractivity contribution is -0.117.